The highest BCUT2D eigenvalue weighted by Crippen LogP contribution is 2.25. The fourth-order valence-corrected chi connectivity index (χ4v) is 3.62. The van der Waals surface area contributed by atoms with Gasteiger partial charge in [-0.25, -0.2) is 0 Å². The topological polar surface area (TPSA) is 15.3 Å². The Morgan fingerprint density at radius 2 is 2.00 bits per heavy atom. The zero-order chi connectivity index (χ0) is 14.7. The van der Waals surface area contributed by atoms with E-state index < -0.39 is 0 Å². The number of nitrogens with one attached hydrogen (secondary N) is 1. The quantitative estimate of drug-likeness (QED) is 0.668. The highest BCUT2D eigenvalue weighted by atomic mass is 127. The Balaban J connectivity index is 1.58. The fourth-order valence-electron chi connectivity index (χ4n) is 2.76. The third kappa shape index (κ3) is 4.20. The molecule has 1 fully saturated rings. The molecule has 4 heteroatoms. The van der Waals surface area contributed by atoms with Crippen molar-refractivity contribution in [2.75, 3.05) is 18.4 Å². The average molecular weight is 457 g/mol. The first-order valence-corrected chi connectivity index (χ1v) is 9.06. The van der Waals surface area contributed by atoms with E-state index in [1.807, 2.05) is 0 Å². The van der Waals surface area contributed by atoms with Gasteiger partial charge in [-0.2, -0.15) is 0 Å². The summed E-state index contributed by atoms with van der Waals surface area (Å²) in [6, 6.07) is 17.7. The van der Waals surface area contributed by atoms with Crippen molar-refractivity contribution in [3.8, 4) is 0 Å². The lowest BCUT2D eigenvalue weighted by molar-refractivity contribution is 0.328. The van der Waals surface area contributed by atoms with Gasteiger partial charge in [0, 0.05) is 39.4 Å². The van der Waals surface area contributed by atoms with E-state index in [1.54, 1.807) is 0 Å². The molecule has 0 saturated carbocycles. The number of hydrogen-bond acceptors (Lipinski definition) is 2. The third-order valence-corrected chi connectivity index (χ3v) is 5.24. The molecule has 2 aromatic carbocycles. The van der Waals surface area contributed by atoms with Gasteiger partial charge in [-0.15, -0.1) is 0 Å². The van der Waals surface area contributed by atoms with Crippen molar-refractivity contribution < 1.29 is 0 Å². The highest BCUT2D eigenvalue weighted by molar-refractivity contribution is 14.1. The largest absolute Gasteiger partial charge is 0.380 e. The lowest BCUT2D eigenvalue weighted by Crippen LogP contribution is -2.26. The molecule has 0 aliphatic carbocycles. The van der Waals surface area contributed by atoms with Gasteiger partial charge >= 0.3 is 0 Å². The van der Waals surface area contributed by atoms with E-state index in [0.29, 0.717) is 6.04 Å². The molecule has 2 aromatic rings. The van der Waals surface area contributed by atoms with Crippen LogP contribution in [0.4, 0.5) is 5.69 Å². The fraction of sp³-hybridized carbons (Fsp3) is 0.294. The Hall–Kier alpha value is -0.590. The van der Waals surface area contributed by atoms with Crippen molar-refractivity contribution in [1.29, 1.82) is 0 Å². The molecule has 1 unspecified atom stereocenters. The molecule has 0 bridgehead atoms. The minimum atomic E-state index is 0.538. The summed E-state index contributed by atoms with van der Waals surface area (Å²) in [4.78, 5) is 2.53. The van der Waals surface area contributed by atoms with E-state index in [2.05, 4.69) is 97.3 Å². The van der Waals surface area contributed by atoms with Crippen LogP contribution in [0.1, 0.15) is 12.0 Å². The molecule has 110 valence electrons. The number of nitrogens with zero attached hydrogens (tertiary/aromatic N) is 1. The molecule has 1 aliphatic rings. The number of likely N-dealkylation sites (tertiary alicyclic amines) is 1. The van der Waals surface area contributed by atoms with E-state index in [4.69, 9.17) is 0 Å². The van der Waals surface area contributed by atoms with Gasteiger partial charge in [0.25, 0.3) is 0 Å². The van der Waals surface area contributed by atoms with E-state index >= 15 is 0 Å². The minimum Gasteiger partial charge on any atom is -0.380 e. The summed E-state index contributed by atoms with van der Waals surface area (Å²) in [6.45, 7) is 3.32. The van der Waals surface area contributed by atoms with E-state index in [9.17, 15) is 0 Å². The monoisotopic (exact) mass is 456 g/mol. The minimum absolute atomic E-state index is 0.538. The zero-order valence-electron chi connectivity index (χ0n) is 11.7. The third-order valence-electron chi connectivity index (χ3n) is 3.81. The van der Waals surface area contributed by atoms with Crippen molar-refractivity contribution in [1.82, 2.24) is 4.90 Å². The molecule has 0 amide bonds. The van der Waals surface area contributed by atoms with Crippen molar-refractivity contribution in [2.45, 2.75) is 19.0 Å². The molecule has 1 N–H and O–H groups in total. The number of halogens is 2. The van der Waals surface area contributed by atoms with Crippen molar-refractivity contribution in [2.24, 2.45) is 0 Å². The molecule has 1 heterocycles. The SMILES string of the molecule is Brc1ccc(I)c(NC2CCN(Cc3ccccc3)C2)c1. The Bertz CT molecular complexity index is 603. The Kier molecular flexibility index (Phi) is 5.19. The van der Waals surface area contributed by atoms with Gasteiger partial charge in [0.15, 0.2) is 0 Å². The smallest absolute Gasteiger partial charge is 0.0489 e. The standard InChI is InChI=1S/C17H18BrIN2/c18-14-6-7-16(19)17(10-14)20-15-8-9-21(12-15)11-13-4-2-1-3-5-13/h1-7,10,15,20H,8-9,11-12H2. The summed E-state index contributed by atoms with van der Waals surface area (Å²) in [6.07, 6.45) is 1.20. The zero-order valence-corrected chi connectivity index (χ0v) is 15.5. The second-order valence-corrected chi connectivity index (χ2v) is 7.55. The Morgan fingerprint density at radius 3 is 2.81 bits per heavy atom. The molecule has 0 radical (unpaired) electrons. The second kappa shape index (κ2) is 7.11. The van der Waals surface area contributed by atoms with Gasteiger partial charge in [-0.3, -0.25) is 4.90 Å². The van der Waals surface area contributed by atoms with Gasteiger partial charge in [-0.1, -0.05) is 46.3 Å². The van der Waals surface area contributed by atoms with Gasteiger partial charge in [0.05, 0.1) is 0 Å². The molecule has 1 saturated heterocycles. The number of rotatable bonds is 4. The normalized spacial score (nSPS) is 18.9. The molecular weight excluding hydrogens is 439 g/mol. The second-order valence-electron chi connectivity index (χ2n) is 5.47. The summed E-state index contributed by atoms with van der Waals surface area (Å²) in [7, 11) is 0. The predicted molar refractivity (Wildman–Crippen MR) is 101 cm³/mol. The average Bonchev–Trinajstić information content (AvgIpc) is 2.91. The van der Waals surface area contributed by atoms with E-state index in [-0.39, 0.29) is 0 Å². The first-order valence-electron chi connectivity index (χ1n) is 7.18. The van der Waals surface area contributed by atoms with Crippen molar-refractivity contribution >= 4 is 44.2 Å². The number of hydrogen-bond donors (Lipinski definition) is 1. The first-order chi connectivity index (χ1) is 10.2. The van der Waals surface area contributed by atoms with Gasteiger partial charge in [-0.05, 0) is 52.8 Å². The van der Waals surface area contributed by atoms with Gasteiger partial charge in [0.2, 0.25) is 0 Å². The number of anilines is 1. The maximum absolute atomic E-state index is 3.69. The van der Waals surface area contributed by atoms with Gasteiger partial charge < -0.3 is 5.32 Å². The van der Waals surface area contributed by atoms with Crippen LogP contribution in [0.5, 0.6) is 0 Å². The summed E-state index contributed by atoms with van der Waals surface area (Å²) >= 11 is 5.94. The van der Waals surface area contributed by atoms with Crippen LogP contribution in [0.3, 0.4) is 0 Å². The van der Waals surface area contributed by atoms with E-state index in [0.717, 1.165) is 24.1 Å². The van der Waals surface area contributed by atoms with Crippen LogP contribution in [0.25, 0.3) is 0 Å². The molecule has 3 rings (SSSR count). The molecule has 0 spiro atoms. The summed E-state index contributed by atoms with van der Waals surface area (Å²) in [5, 5.41) is 3.69. The predicted octanol–water partition coefficient (Wildman–Crippen LogP) is 4.74. The molecule has 2 nitrogen and oxygen atoms in total. The van der Waals surface area contributed by atoms with Crippen molar-refractivity contribution in [3.63, 3.8) is 0 Å². The van der Waals surface area contributed by atoms with Crippen molar-refractivity contribution in [3.05, 3.63) is 62.1 Å². The summed E-state index contributed by atoms with van der Waals surface area (Å²) < 4.78 is 2.40. The number of benzene rings is 2. The summed E-state index contributed by atoms with van der Waals surface area (Å²) in [5.41, 5.74) is 2.63. The van der Waals surface area contributed by atoms with Crippen LogP contribution >= 0.6 is 38.5 Å². The van der Waals surface area contributed by atoms with Crippen LogP contribution in [0, 0.1) is 3.57 Å². The van der Waals surface area contributed by atoms with Gasteiger partial charge in [0.1, 0.15) is 0 Å². The molecular formula is C17H18BrIN2. The molecule has 1 aliphatic heterocycles. The lowest BCUT2D eigenvalue weighted by Gasteiger charge is -2.18. The highest BCUT2D eigenvalue weighted by Gasteiger charge is 2.22. The summed E-state index contributed by atoms with van der Waals surface area (Å²) in [5.74, 6) is 0. The molecule has 0 aromatic heterocycles. The first kappa shape index (κ1) is 15.3. The lowest BCUT2D eigenvalue weighted by atomic mass is 10.2. The van der Waals surface area contributed by atoms with E-state index in [1.165, 1.54) is 21.2 Å². The molecule has 1 atom stereocenters. The van der Waals surface area contributed by atoms with Crippen LogP contribution in [-0.4, -0.2) is 24.0 Å². The maximum atomic E-state index is 3.69. The van der Waals surface area contributed by atoms with Crippen LogP contribution < -0.4 is 5.32 Å². The maximum Gasteiger partial charge on any atom is 0.0489 e. The Morgan fingerprint density at radius 1 is 1.19 bits per heavy atom. The Labute approximate surface area is 148 Å². The van der Waals surface area contributed by atoms with Crippen LogP contribution in [0.15, 0.2) is 53.0 Å². The van der Waals surface area contributed by atoms with Crippen LogP contribution in [0.2, 0.25) is 0 Å². The molecule has 21 heavy (non-hydrogen) atoms. The van der Waals surface area contributed by atoms with Crippen LogP contribution in [-0.2, 0) is 6.54 Å².